The third kappa shape index (κ3) is 4.40. The minimum Gasteiger partial charge on any atom is -0.345 e. The number of nitrogens with zero attached hydrogens (tertiary/aromatic N) is 2. The Morgan fingerprint density at radius 2 is 1.75 bits per heavy atom. The Balaban J connectivity index is 2.13. The first-order valence-electron chi connectivity index (χ1n) is 7.48. The van der Waals surface area contributed by atoms with E-state index in [0.29, 0.717) is 0 Å². The van der Waals surface area contributed by atoms with Crippen molar-refractivity contribution in [1.82, 2.24) is 0 Å². The molecule has 5 heteroatoms. The van der Waals surface area contributed by atoms with E-state index in [1.807, 2.05) is 31.2 Å². The van der Waals surface area contributed by atoms with Crippen LogP contribution in [0.5, 0.6) is 0 Å². The molecule has 0 bridgehead atoms. The highest BCUT2D eigenvalue weighted by Gasteiger charge is 2.07. The van der Waals surface area contributed by atoms with E-state index in [1.54, 1.807) is 30.0 Å². The predicted octanol–water partition coefficient (Wildman–Crippen LogP) is 5.11. The van der Waals surface area contributed by atoms with Crippen molar-refractivity contribution in [3.05, 3.63) is 70.4 Å². The fraction of sp³-hybridized carbons (Fsp3) is 0.158. The van der Waals surface area contributed by atoms with Gasteiger partial charge in [0.05, 0.1) is 4.92 Å². The summed E-state index contributed by atoms with van der Waals surface area (Å²) in [6.07, 6.45) is 7.09. The van der Waals surface area contributed by atoms with E-state index in [-0.39, 0.29) is 5.69 Å². The van der Waals surface area contributed by atoms with Crippen LogP contribution in [0.3, 0.4) is 0 Å². The Labute approximate surface area is 146 Å². The lowest BCUT2D eigenvalue weighted by atomic mass is 10.2. The number of hydrogen-bond acceptors (Lipinski definition) is 4. The van der Waals surface area contributed by atoms with Crippen molar-refractivity contribution in [3.63, 3.8) is 0 Å². The SMILES string of the molecule is C#C/C=C(/C)N(CC)c1ccc(Sc2ccc([N+](=O)[O-])cc2)cc1. The molecular weight excluding hydrogens is 320 g/mol. The number of benzene rings is 2. The first-order valence-corrected chi connectivity index (χ1v) is 8.29. The molecule has 0 N–H and O–H groups in total. The van der Waals surface area contributed by atoms with Crippen LogP contribution in [0, 0.1) is 22.5 Å². The van der Waals surface area contributed by atoms with Gasteiger partial charge in [0.1, 0.15) is 0 Å². The van der Waals surface area contributed by atoms with Crippen molar-refractivity contribution in [3.8, 4) is 12.3 Å². The minimum absolute atomic E-state index is 0.101. The fourth-order valence-electron chi connectivity index (χ4n) is 2.30. The molecule has 2 aromatic carbocycles. The quantitative estimate of drug-likeness (QED) is 0.417. The van der Waals surface area contributed by atoms with Crippen LogP contribution in [-0.2, 0) is 0 Å². The third-order valence-corrected chi connectivity index (χ3v) is 4.48. The summed E-state index contributed by atoms with van der Waals surface area (Å²) < 4.78 is 0. The summed E-state index contributed by atoms with van der Waals surface area (Å²) in [5, 5.41) is 10.7. The van der Waals surface area contributed by atoms with E-state index in [2.05, 4.69) is 17.7 Å². The first kappa shape index (κ1) is 17.6. The van der Waals surface area contributed by atoms with Gasteiger partial charge >= 0.3 is 0 Å². The summed E-state index contributed by atoms with van der Waals surface area (Å²) in [5.41, 5.74) is 2.20. The molecule has 2 rings (SSSR count). The van der Waals surface area contributed by atoms with Gasteiger partial charge in [-0.2, -0.15) is 0 Å². The molecule has 0 heterocycles. The van der Waals surface area contributed by atoms with Crippen molar-refractivity contribution in [1.29, 1.82) is 0 Å². The van der Waals surface area contributed by atoms with Crippen LogP contribution in [0.1, 0.15) is 13.8 Å². The van der Waals surface area contributed by atoms with Crippen LogP contribution in [-0.4, -0.2) is 11.5 Å². The van der Waals surface area contributed by atoms with Crippen molar-refractivity contribution < 1.29 is 4.92 Å². The Hall–Kier alpha value is -2.71. The molecule has 4 nitrogen and oxygen atoms in total. The topological polar surface area (TPSA) is 46.4 Å². The Morgan fingerprint density at radius 3 is 2.21 bits per heavy atom. The highest BCUT2D eigenvalue weighted by Crippen LogP contribution is 2.31. The normalized spacial score (nSPS) is 11.0. The molecule has 2 aromatic rings. The van der Waals surface area contributed by atoms with Gasteiger partial charge in [0.2, 0.25) is 0 Å². The second kappa shape index (κ2) is 8.23. The second-order valence-corrected chi connectivity index (χ2v) is 6.19. The van der Waals surface area contributed by atoms with Gasteiger partial charge in [-0.3, -0.25) is 10.1 Å². The van der Waals surface area contributed by atoms with Gasteiger partial charge in [-0.25, -0.2) is 0 Å². The third-order valence-electron chi connectivity index (χ3n) is 3.47. The van der Waals surface area contributed by atoms with Gasteiger partial charge in [0, 0.05) is 45.9 Å². The standard InChI is InChI=1S/C19H18N2O2S/c1-4-6-15(3)20(5-2)16-7-11-18(12-8-16)24-19-13-9-17(10-14-19)21(22)23/h1,6-14H,5H2,2-3H3/b15-6-. The van der Waals surface area contributed by atoms with Gasteiger partial charge in [0.15, 0.2) is 0 Å². The fourth-order valence-corrected chi connectivity index (χ4v) is 3.12. The van der Waals surface area contributed by atoms with Crippen molar-refractivity contribution >= 4 is 23.1 Å². The summed E-state index contributed by atoms with van der Waals surface area (Å²) in [6, 6.07) is 14.7. The molecule has 0 saturated carbocycles. The highest BCUT2D eigenvalue weighted by atomic mass is 32.2. The van der Waals surface area contributed by atoms with Crippen LogP contribution in [0.15, 0.2) is 70.1 Å². The van der Waals surface area contributed by atoms with Gasteiger partial charge < -0.3 is 4.90 Å². The lowest BCUT2D eigenvalue weighted by Crippen LogP contribution is -2.19. The van der Waals surface area contributed by atoms with Crippen LogP contribution < -0.4 is 4.90 Å². The summed E-state index contributed by atoms with van der Waals surface area (Å²) >= 11 is 1.57. The molecule has 0 unspecified atom stereocenters. The molecule has 0 aliphatic heterocycles. The molecule has 0 aliphatic rings. The smallest absolute Gasteiger partial charge is 0.269 e. The van der Waals surface area contributed by atoms with Gasteiger partial charge in [0.25, 0.3) is 5.69 Å². The van der Waals surface area contributed by atoms with E-state index in [9.17, 15) is 10.1 Å². The van der Waals surface area contributed by atoms with Crippen LogP contribution in [0.25, 0.3) is 0 Å². The van der Waals surface area contributed by atoms with E-state index < -0.39 is 4.92 Å². The summed E-state index contributed by atoms with van der Waals surface area (Å²) in [7, 11) is 0. The molecule has 0 aromatic heterocycles. The molecule has 0 saturated heterocycles. The number of hydrogen-bond donors (Lipinski definition) is 0. The second-order valence-electron chi connectivity index (χ2n) is 5.04. The van der Waals surface area contributed by atoms with Gasteiger partial charge in [-0.1, -0.05) is 17.7 Å². The average Bonchev–Trinajstić information content (AvgIpc) is 2.58. The number of nitro groups is 1. The monoisotopic (exact) mass is 338 g/mol. The predicted molar refractivity (Wildman–Crippen MR) is 99.3 cm³/mol. The van der Waals surface area contributed by atoms with Crippen molar-refractivity contribution in [2.75, 3.05) is 11.4 Å². The van der Waals surface area contributed by atoms with E-state index in [1.165, 1.54) is 12.1 Å². The Morgan fingerprint density at radius 1 is 1.21 bits per heavy atom. The number of terminal acetylenes is 1. The van der Waals surface area contributed by atoms with Crippen molar-refractivity contribution in [2.24, 2.45) is 0 Å². The maximum atomic E-state index is 10.7. The zero-order valence-electron chi connectivity index (χ0n) is 13.6. The van der Waals surface area contributed by atoms with Gasteiger partial charge in [-0.05, 0) is 50.2 Å². The largest absolute Gasteiger partial charge is 0.345 e. The van der Waals surface area contributed by atoms with Gasteiger partial charge in [-0.15, -0.1) is 6.42 Å². The molecule has 122 valence electrons. The number of allylic oxidation sites excluding steroid dienone is 2. The molecule has 24 heavy (non-hydrogen) atoms. The highest BCUT2D eigenvalue weighted by molar-refractivity contribution is 7.99. The zero-order chi connectivity index (χ0) is 17.5. The summed E-state index contributed by atoms with van der Waals surface area (Å²) in [5.74, 6) is 2.55. The zero-order valence-corrected chi connectivity index (χ0v) is 14.4. The lowest BCUT2D eigenvalue weighted by molar-refractivity contribution is -0.384. The van der Waals surface area contributed by atoms with E-state index in [0.717, 1.165) is 27.7 Å². The maximum absolute atomic E-state index is 10.7. The molecule has 0 aliphatic carbocycles. The van der Waals surface area contributed by atoms with Crippen LogP contribution in [0.4, 0.5) is 11.4 Å². The van der Waals surface area contributed by atoms with E-state index >= 15 is 0 Å². The number of non-ortho nitro benzene ring substituents is 1. The summed E-state index contributed by atoms with van der Waals surface area (Å²) in [4.78, 5) is 14.5. The first-order chi connectivity index (χ1) is 11.5. The lowest BCUT2D eigenvalue weighted by Gasteiger charge is -2.23. The maximum Gasteiger partial charge on any atom is 0.269 e. The number of anilines is 1. The number of rotatable bonds is 6. The molecule has 0 fully saturated rings. The minimum atomic E-state index is -0.394. The molecule has 0 spiro atoms. The van der Waals surface area contributed by atoms with Crippen LogP contribution >= 0.6 is 11.8 Å². The molecule has 0 atom stereocenters. The Kier molecular flexibility index (Phi) is 6.05. The van der Waals surface area contributed by atoms with Crippen LogP contribution in [0.2, 0.25) is 0 Å². The van der Waals surface area contributed by atoms with Crippen molar-refractivity contribution in [2.45, 2.75) is 23.6 Å². The Bertz CT molecular complexity index is 775. The molecular formula is C19H18N2O2S. The van der Waals surface area contributed by atoms with E-state index in [4.69, 9.17) is 6.42 Å². The average molecular weight is 338 g/mol. The molecule has 0 radical (unpaired) electrons. The number of nitro benzene ring substituents is 1. The summed E-state index contributed by atoms with van der Waals surface area (Å²) in [6.45, 7) is 4.90. The molecule has 0 amide bonds.